The van der Waals surface area contributed by atoms with Crippen molar-refractivity contribution in [3.63, 3.8) is 0 Å². The van der Waals surface area contributed by atoms with Gasteiger partial charge in [-0.2, -0.15) is 13.2 Å². The fourth-order valence-electron chi connectivity index (χ4n) is 2.55. The van der Waals surface area contributed by atoms with Crippen LogP contribution in [0.15, 0.2) is 41.4 Å². The number of fused-ring (bicyclic) bond motifs is 1. The van der Waals surface area contributed by atoms with Crippen molar-refractivity contribution < 1.29 is 21.6 Å². The lowest BCUT2D eigenvalue weighted by Crippen LogP contribution is -2.07. The molecule has 0 saturated heterocycles. The molecular weight excluding hydrogens is 355 g/mol. The monoisotopic (exact) mass is 369 g/mol. The molecule has 0 fully saturated rings. The third-order valence-corrected chi connectivity index (χ3v) is 5.67. The standard InChI is InChI=1S/C16H14F3N3O2S/c1-3-25(23,24)13-7-5-4-6-11(13)14-21-12-8-10(16(17,18)19)9-20-15(12)22(14)2/h4-9H,3H2,1-2H3. The highest BCUT2D eigenvalue weighted by Crippen LogP contribution is 2.33. The summed E-state index contributed by atoms with van der Waals surface area (Å²) in [6.45, 7) is 1.53. The molecule has 0 aliphatic carbocycles. The van der Waals surface area contributed by atoms with Gasteiger partial charge in [0.2, 0.25) is 0 Å². The molecule has 0 atom stereocenters. The number of rotatable bonds is 3. The summed E-state index contributed by atoms with van der Waals surface area (Å²) in [6.07, 6.45) is -3.79. The van der Waals surface area contributed by atoms with Crippen molar-refractivity contribution in [3.05, 3.63) is 42.1 Å². The molecule has 2 aromatic heterocycles. The lowest BCUT2D eigenvalue weighted by atomic mass is 10.2. The Morgan fingerprint density at radius 3 is 2.52 bits per heavy atom. The van der Waals surface area contributed by atoms with E-state index in [1.807, 2.05) is 0 Å². The number of pyridine rings is 1. The predicted octanol–water partition coefficient (Wildman–Crippen LogP) is 3.45. The molecule has 3 rings (SSSR count). The van der Waals surface area contributed by atoms with E-state index in [9.17, 15) is 21.6 Å². The van der Waals surface area contributed by atoms with Gasteiger partial charge in [-0.1, -0.05) is 19.1 Å². The van der Waals surface area contributed by atoms with Crippen LogP contribution in [0.3, 0.4) is 0 Å². The second kappa shape index (κ2) is 5.83. The van der Waals surface area contributed by atoms with Gasteiger partial charge in [-0.15, -0.1) is 0 Å². The first-order chi connectivity index (χ1) is 11.6. The molecule has 0 radical (unpaired) electrons. The van der Waals surface area contributed by atoms with Crippen LogP contribution in [0.5, 0.6) is 0 Å². The number of hydrogen-bond donors (Lipinski definition) is 0. The molecule has 1 aromatic carbocycles. The van der Waals surface area contributed by atoms with Gasteiger partial charge in [0, 0.05) is 18.8 Å². The Hall–Kier alpha value is -2.42. The molecule has 3 aromatic rings. The van der Waals surface area contributed by atoms with Gasteiger partial charge in [-0.05, 0) is 18.2 Å². The van der Waals surface area contributed by atoms with Crippen molar-refractivity contribution in [3.8, 4) is 11.4 Å². The van der Waals surface area contributed by atoms with Crippen LogP contribution in [0.2, 0.25) is 0 Å². The predicted molar refractivity (Wildman–Crippen MR) is 86.7 cm³/mol. The molecule has 0 spiro atoms. The second-order valence-electron chi connectivity index (χ2n) is 5.46. The van der Waals surface area contributed by atoms with E-state index in [1.165, 1.54) is 17.6 Å². The van der Waals surface area contributed by atoms with Crippen LogP contribution in [0.25, 0.3) is 22.6 Å². The number of hydrogen-bond acceptors (Lipinski definition) is 4. The zero-order chi connectivity index (χ0) is 18.4. The molecule has 5 nitrogen and oxygen atoms in total. The molecule has 0 aliphatic heterocycles. The highest BCUT2D eigenvalue weighted by atomic mass is 32.2. The van der Waals surface area contributed by atoms with Crippen LogP contribution in [-0.4, -0.2) is 28.7 Å². The first-order valence-corrected chi connectivity index (χ1v) is 9.02. The Bertz CT molecular complexity index is 1060. The number of benzene rings is 1. The quantitative estimate of drug-likeness (QED) is 0.709. The van der Waals surface area contributed by atoms with Crippen LogP contribution >= 0.6 is 0 Å². The lowest BCUT2D eigenvalue weighted by molar-refractivity contribution is -0.137. The highest BCUT2D eigenvalue weighted by Gasteiger charge is 2.32. The maximum absolute atomic E-state index is 12.9. The van der Waals surface area contributed by atoms with Gasteiger partial charge >= 0.3 is 6.18 Å². The molecule has 0 bridgehead atoms. The maximum Gasteiger partial charge on any atom is 0.417 e. The number of aryl methyl sites for hydroxylation is 1. The van der Waals surface area contributed by atoms with Crippen LogP contribution < -0.4 is 0 Å². The zero-order valence-electron chi connectivity index (χ0n) is 13.4. The fourth-order valence-corrected chi connectivity index (χ4v) is 3.64. The van der Waals surface area contributed by atoms with Gasteiger partial charge in [0.25, 0.3) is 0 Å². The van der Waals surface area contributed by atoms with Crippen LogP contribution in [0.1, 0.15) is 12.5 Å². The van der Waals surface area contributed by atoms with E-state index in [0.29, 0.717) is 5.56 Å². The number of alkyl halides is 3. The summed E-state index contributed by atoms with van der Waals surface area (Å²) in [4.78, 5) is 8.13. The third kappa shape index (κ3) is 2.99. The first-order valence-electron chi connectivity index (χ1n) is 7.37. The first kappa shape index (κ1) is 17.4. The van der Waals surface area contributed by atoms with Gasteiger partial charge in [0.1, 0.15) is 11.3 Å². The normalized spacial score (nSPS) is 12.7. The molecule has 0 saturated carbocycles. The number of halogens is 3. The summed E-state index contributed by atoms with van der Waals surface area (Å²) >= 11 is 0. The Kier molecular flexibility index (Phi) is 4.06. The number of aromatic nitrogens is 3. The minimum Gasteiger partial charge on any atom is -0.312 e. The van der Waals surface area contributed by atoms with E-state index in [-0.39, 0.29) is 27.6 Å². The Balaban J connectivity index is 2.26. The second-order valence-corrected chi connectivity index (χ2v) is 7.71. The average molecular weight is 369 g/mol. The molecule has 132 valence electrons. The lowest BCUT2D eigenvalue weighted by Gasteiger charge is -2.09. The van der Waals surface area contributed by atoms with Crippen molar-refractivity contribution in [2.75, 3.05) is 5.75 Å². The van der Waals surface area contributed by atoms with Gasteiger partial charge in [0.15, 0.2) is 15.5 Å². The van der Waals surface area contributed by atoms with Gasteiger partial charge in [-0.3, -0.25) is 0 Å². The van der Waals surface area contributed by atoms with E-state index >= 15 is 0 Å². The SMILES string of the molecule is CCS(=O)(=O)c1ccccc1-c1nc2cc(C(F)(F)F)cnc2n1C. The van der Waals surface area contributed by atoms with E-state index < -0.39 is 21.6 Å². The van der Waals surface area contributed by atoms with Crippen molar-refractivity contribution in [1.82, 2.24) is 14.5 Å². The molecule has 9 heteroatoms. The van der Waals surface area contributed by atoms with Gasteiger partial charge in [0.05, 0.1) is 16.2 Å². The zero-order valence-corrected chi connectivity index (χ0v) is 14.2. The molecule has 0 aliphatic rings. The molecule has 2 heterocycles. The summed E-state index contributed by atoms with van der Waals surface area (Å²) in [7, 11) is -1.93. The summed E-state index contributed by atoms with van der Waals surface area (Å²) in [5.74, 6) is 0.152. The van der Waals surface area contributed by atoms with E-state index in [0.717, 1.165) is 12.3 Å². The third-order valence-electron chi connectivity index (χ3n) is 3.88. The maximum atomic E-state index is 12.9. The number of nitrogens with zero attached hydrogens (tertiary/aromatic N) is 3. The van der Waals surface area contributed by atoms with Gasteiger partial charge in [-0.25, -0.2) is 18.4 Å². The Morgan fingerprint density at radius 1 is 1.20 bits per heavy atom. The van der Waals surface area contributed by atoms with Crippen molar-refractivity contribution in [1.29, 1.82) is 0 Å². The highest BCUT2D eigenvalue weighted by molar-refractivity contribution is 7.91. The Morgan fingerprint density at radius 2 is 1.88 bits per heavy atom. The molecule has 25 heavy (non-hydrogen) atoms. The van der Waals surface area contributed by atoms with E-state index in [4.69, 9.17) is 0 Å². The van der Waals surface area contributed by atoms with Crippen molar-refractivity contribution >= 4 is 21.0 Å². The minimum absolute atomic E-state index is 0.0519. The van der Waals surface area contributed by atoms with Gasteiger partial charge < -0.3 is 4.57 Å². The smallest absolute Gasteiger partial charge is 0.312 e. The van der Waals surface area contributed by atoms with Crippen molar-refractivity contribution in [2.24, 2.45) is 7.05 Å². The van der Waals surface area contributed by atoms with Crippen LogP contribution in [-0.2, 0) is 23.1 Å². The number of imidazole rings is 1. The summed E-state index contributed by atoms with van der Waals surface area (Å²) < 4.78 is 64.7. The number of sulfone groups is 1. The molecule has 0 unspecified atom stereocenters. The summed E-state index contributed by atoms with van der Waals surface area (Å²) in [5, 5.41) is 0. The van der Waals surface area contributed by atoms with Crippen LogP contribution in [0, 0.1) is 0 Å². The Labute approximate surface area is 142 Å². The summed E-state index contributed by atoms with van der Waals surface area (Å²) in [5.41, 5.74) is -0.278. The molecule has 0 N–H and O–H groups in total. The average Bonchev–Trinajstić information content (AvgIpc) is 2.90. The van der Waals surface area contributed by atoms with E-state index in [2.05, 4.69) is 9.97 Å². The molecule has 0 amide bonds. The van der Waals surface area contributed by atoms with Crippen molar-refractivity contribution in [2.45, 2.75) is 18.0 Å². The minimum atomic E-state index is -4.53. The fraction of sp³-hybridized carbons (Fsp3) is 0.250. The molecular formula is C16H14F3N3O2S. The summed E-state index contributed by atoms with van der Waals surface area (Å²) in [6, 6.07) is 7.19. The largest absolute Gasteiger partial charge is 0.417 e. The topological polar surface area (TPSA) is 64.8 Å². The van der Waals surface area contributed by atoms with E-state index in [1.54, 1.807) is 25.2 Å². The van der Waals surface area contributed by atoms with Crippen LogP contribution in [0.4, 0.5) is 13.2 Å².